The number of piperidine rings is 1. The number of rotatable bonds is 7. The number of pyridine rings is 1. The molecule has 2 aliphatic rings. The lowest BCUT2D eigenvalue weighted by molar-refractivity contribution is 0.0799. The van der Waals surface area contributed by atoms with E-state index in [1.807, 2.05) is 30.6 Å². The number of likely N-dealkylation sites (tertiary alicyclic amines) is 1. The van der Waals surface area contributed by atoms with Gasteiger partial charge in [0, 0.05) is 43.1 Å². The molecule has 1 atom stereocenters. The lowest BCUT2D eigenvalue weighted by Gasteiger charge is -2.36. The van der Waals surface area contributed by atoms with Gasteiger partial charge < -0.3 is 15.0 Å². The second kappa shape index (κ2) is 10.5. The molecule has 5 nitrogen and oxygen atoms in total. The maximum absolute atomic E-state index is 12.5. The van der Waals surface area contributed by atoms with Gasteiger partial charge in [-0.15, -0.1) is 0 Å². The number of hydrogen-bond acceptors (Lipinski definition) is 4. The fraction of sp³-hybridized carbons (Fsp3) is 0.520. The standard InChI is InChI=1S/C25H32ClN3O2/c1-18(15-19-5-4-12-27-17-19)29-13-10-22(11-14-29)31-24-9-8-20(16-23(24)26)25(30)28-21-6-2-3-7-21/h4-5,8-9,12,16-18,21-22H,2-3,6-7,10-11,13-15H2,1H3,(H,28,30)/t18-/m0/s1. The minimum absolute atomic E-state index is 0.0451. The van der Waals surface area contributed by atoms with Crippen molar-refractivity contribution in [3.8, 4) is 5.75 Å². The van der Waals surface area contributed by atoms with E-state index in [4.69, 9.17) is 16.3 Å². The molecule has 0 unspecified atom stereocenters. The molecule has 166 valence electrons. The van der Waals surface area contributed by atoms with Gasteiger partial charge in [0.1, 0.15) is 11.9 Å². The molecule has 4 rings (SSSR count). The van der Waals surface area contributed by atoms with Gasteiger partial charge in [-0.3, -0.25) is 9.78 Å². The van der Waals surface area contributed by atoms with Gasteiger partial charge in [0.2, 0.25) is 0 Å². The van der Waals surface area contributed by atoms with Crippen molar-refractivity contribution >= 4 is 17.5 Å². The van der Waals surface area contributed by atoms with E-state index >= 15 is 0 Å². The lowest BCUT2D eigenvalue weighted by Crippen LogP contribution is -2.43. The average molecular weight is 442 g/mol. The number of halogens is 1. The van der Waals surface area contributed by atoms with Gasteiger partial charge in [-0.1, -0.05) is 30.5 Å². The zero-order valence-electron chi connectivity index (χ0n) is 18.2. The van der Waals surface area contributed by atoms with E-state index in [1.165, 1.54) is 18.4 Å². The predicted molar refractivity (Wildman–Crippen MR) is 124 cm³/mol. The van der Waals surface area contributed by atoms with Crippen molar-refractivity contribution in [2.45, 2.75) is 70.1 Å². The van der Waals surface area contributed by atoms with Crippen molar-refractivity contribution in [2.75, 3.05) is 13.1 Å². The number of nitrogens with one attached hydrogen (secondary N) is 1. The first-order valence-corrected chi connectivity index (χ1v) is 11.9. The van der Waals surface area contributed by atoms with Crippen LogP contribution in [0.3, 0.4) is 0 Å². The fourth-order valence-electron chi connectivity index (χ4n) is 4.68. The highest BCUT2D eigenvalue weighted by molar-refractivity contribution is 6.32. The van der Waals surface area contributed by atoms with Gasteiger partial charge >= 0.3 is 0 Å². The zero-order valence-corrected chi connectivity index (χ0v) is 19.0. The van der Waals surface area contributed by atoms with E-state index in [0.29, 0.717) is 28.4 Å². The van der Waals surface area contributed by atoms with Crippen molar-refractivity contribution in [3.05, 3.63) is 58.9 Å². The number of carbonyl (C=O) groups excluding carboxylic acids is 1. The number of aromatic nitrogens is 1. The molecule has 1 N–H and O–H groups in total. The van der Waals surface area contributed by atoms with Gasteiger partial charge in [-0.2, -0.15) is 0 Å². The maximum atomic E-state index is 12.5. The highest BCUT2D eigenvalue weighted by atomic mass is 35.5. The molecule has 0 bridgehead atoms. The molecular weight excluding hydrogens is 410 g/mol. The first kappa shape index (κ1) is 22.1. The summed E-state index contributed by atoms with van der Waals surface area (Å²) in [4.78, 5) is 19.2. The lowest BCUT2D eigenvalue weighted by atomic mass is 10.0. The maximum Gasteiger partial charge on any atom is 0.251 e. The summed E-state index contributed by atoms with van der Waals surface area (Å²) in [6.07, 6.45) is 11.4. The van der Waals surface area contributed by atoms with Crippen molar-refractivity contribution < 1.29 is 9.53 Å². The third-order valence-electron chi connectivity index (χ3n) is 6.53. The van der Waals surface area contributed by atoms with E-state index in [1.54, 1.807) is 6.07 Å². The summed E-state index contributed by atoms with van der Waals surface area (Å²) in [7, 11) is 0. The molecule has 2 aromatic rings. The molecule has 1 amide bonds. The summed E-state index contributed by atoms with van der Waals surface area (Å²) in [5, 5.41) is 3.61. The molecule has 1 saturated heterocycles. The fourth-order valence-corrected chi connectivity index (χ4v) is 4.90. The van der Waals surface area contributed by atoms with Crippen LogP contribution in [-0.4, -0.2) is 47.1 Å². The minimum atomic E-state index is -0.0451. The number of nitrogens with zero attached hydrogens (tertiary/aromatic N) is 2. The van der Waals surface area contributed by atoms with Crippen molar-refractivity contribution in [1.82, 2.24) is 15.2 Å². The van der Waals surface area contributed by atoms with E-state index in [9.17, 15) is 4.79 Å². The normalized spacial score (nSPS) is 19.3. The molecule has 2 fully saturated rings. The Morgan fingerprint density at radius 1 is 1.23 bits per heavy atom. The van der Waals surface area contributed by atoms with Gasteiger partial charge in [-0.25, -0.2) is 0 Å². The second-order valence-corrected chi connectivity index (χ2v) is 9.27. The van der Waals surface area contributed by atoms with Crippen molar-refractivity contribution in [2.24, 2.45) is 0 Å². The molecule has 1 aromatic heterocycles. The third-order valence-corrected chi connectivity index (χ3v) is 6.83. The first-order valence-electron chi connectivity index (χ1n) is 11.5. The molecule has 6 heteroatoms. The third kappa shape index (κ3) is 5.98. The number of benzene rings is 1. The number of amides is 1. The molecule has 0 radical (unpaired) electrons. The van der Waals surface area contributed by atoms with Crippen molar-refractivity contribution in [1.29, 1.82) is 0 Å². The number of ether oxygens (including phenoxy) is 1. The van der Waals surface area contributed by atoms with Crippen LogP contribution in [0.2, 0.25) is 5.02 Å². The van der Waals surface area contributed by atoms with Crippen LogP contribution in [0.5, 0.6) is 5.75 Å². The van der Waals surface area contributed by atoms with Crippen LogP contribution in [0, 0.1) is 0 Å². The predicted octanol–water partition coefficient (Wildman–Crippen LogP) is 4.88. The van der Waals surface area contributed by atoms with Crippen LogP contribution in [-0.2, 0) is 6.42 Å². The van der Waals surface area contributed by atoms with Gasteiger partial charge in [0.25, 0.3) is 5.91 Å². The quantitative estimate of drug-likeness (QED) is 0.665. The van der Waals surface area contributed by atoms with Gasteiger partial charge in [0.05, 0.1) is 5.02 Å². The number of hydrogen-bond donors (Lipinski definition) is 1. The molecular formula is C25H32ClN3O2. The Morgan fingerprint density at radius 3 is 2.68 bits per heavy atom. The molecule has 1 saturated carbocycles. The number of carbonyl (C=O) groups is 1. The summed E-state index contributed by atoms with van der Waals surface area (Å²) in [5.41, 5.74) is 1.88. The Balaban J connectivity index is 1.26. The first-order chi connectivity index (χ1) is 15.1. The highest BCUT2D eigenvalue weighted by Gasteiger charge is 2.25. The molecule has 1 aliphatic carbocycles. The van der Waals surface area contributed by atoms with E-state index in [0.717, 1.165) is 45.2 Å². The Morgan fingerprint density at radius 2 is 2.00 bits per heavy atom. The van der Waals surface area contributed by atoms with Crippen LogP contribution >= 0.6 is 11.6 Å². The summed E-state index contributed by atoms with van der Waals surface area (Å²) in [6, 6.07) is 10.3. The highest BCUT2D eigenvalue weighted by Crippen LogP contribution is 2.29. The van der Waals surface area contributed by atoms with Crippen LogP contribution < -0.4 is 10.1 Å². The van der Waals surface area contributed by atoms with Crippen LogP contribution in [0.25, 0.3) is 0 Å². The smallest absolute Gasteiger partial charge is 0.251 e. The Bertz CT molecular complexity index is 862. The van der Waals surface area contributed by atoms with E-state index < -0.39 is 0 Å². The molecule has 1 aliphatic heterocycles. The SMILES string of the molecule is C[C@@H](Cc1cccnc1)N1CCC(Oc2ccc(C(=O)NC3CCCC3)cc2Cl)CC1. The van der Waals surface area contributed by atoms with E-state index in [-0.39, 0.29) is 12.0 Å². The molecule has 2 heterocycles. The van der Waals surface area contributed by atoms with Crippen LogP contribution in [0.4, 0.5) is 0 Å². The molecule has 1 aromatic carbocycles. The van der Waals surface area contributed by atoms with Crippen LogP contribution in [0.15, 0.2) is 42.7 Å². The van der Waals surface area contributed by atoms with E-state index in [2.05, 4.69) is 28.2 Å². The van der Waals surface area contributed by atoms with Gasteiger partial charge in [-0.05, 0) is 68.9 Å². The summed E-state index contributed by atoms with van der Waals surface area (Å²) in [6.45, 7) is 4.29. The summed E-state index contributed by atoms with van der Waals surface area (Å²) < 4.78 is 6.20. The molecule has 31 heavy (non-hydrogen) atoms. The Kier molecular flexibility index (Phi) is 7.46. The Hall–Kier alpha value is -2.11. The van der Waals surface area contributed by atoms with Crippen molar-refractivity contribution in [3.63, 3.8) is 0 Å². The molecule has 0 spiro atoms. The second-order valence-electron chi connectivity index (χ2n) is 8.87. The van der Waals surface area contributed by atoms with Crippen LogP contribution in [0.1, 0.15) is 61.4 Å². The Labute approximate surface area is 190 Å². The topological polar surface area (TPSA) is 54.5 Å². The van der Waals surface area contributed by atoms with Gasteiger partial charge in [0.15, 0.2) is 0 Å². The monoisotopic (exact) mass is 441 g/mol. The zero-order chi connectivity index (χ0) is 21.6. The average Bonchev–Trinajstić information content (AvgIpc) is 3.29. The largest absolute Gasteiger partial charge is 0.489 e. The summed E-state index contributed by atoms with van der Waals surface area (Å²) >= 11 is 6.46. The minimum Gasteiger partial charge on any atom is -0.489 e. The summed E-state index contributed by atoms with van der Waals surface area (Å²) in [5.74, 6) is 0.622.